The molecule has 1 amide bonds. The van der Waals surface area contributed by atoms with E-state index in [-0.39, 0.29) is 5.91 Å². The lowest BCUT2D eigenvalue weighted by Crippen LogP contribution is -2.29. The van der Waals surface area contributed by atoms with Crippen molar-refractivity contribution in [2.24, 2.45) is 4.99 Å². The van der Waals surface area contributed by atoms with Crippen LogP contribution in [0.2, 0.25) is 10.0 Å². The normalized spacial score (nSPS) is 17.0. The number of aliphatic imine (C=N–C) groups is 1. The molecule has 1 fully saturated rings. The van der Waals surface area contributed by atoms with Gasteiger partial charge in [-0.2, -0.15) is 0 Å². The number of rotatable bonds is 5. The van der Waals surface area contributed by atoms with Gasteiger partial charge in [-0.25, -0.2) is 4.99 Å². The Morgan fingerprint density at radius 1 is 1.25 bits per heavy atom. The van der Waals surface area contributed by atoms with Gasteiger partial charge in [-0.05, 0) is 60.7 Å². The van der Waals surface area contributed by atoms with Crippen LogP contribution in [0.3, 0.4) is 0 Å². The van der Waals surface area contributed by atoms with E-state index in [1.807, 2.05) is 25.1 Å². The Morgan fingerprint density at radius 2 is 1.96 bits per heavy atom. The van der Waals surface area contributed by atoms with Gasteiger partial charge >= 0.3 is 0 Å². The summed E-state index contributed by atoms with van der Waals surface area (Å²) in [5.41, 5.74) is 1.46. The zero-order valence-corrected chi connectivity index (χ0v) is 19.1. The van der Waals surface area contributed by atoms with Gasteiger partial charge in [-0.3, -0.25) is 9.69 Å². The Morgan fingerprint density at radius 3 is 2.61 bits per heavy atom. The molecule has 0 N–H and O–H groups in total. The number of amidine groups is 1. The number of carbonyl (C=O) groups is 1. The van der Waals surface area contributed by atoms with E-state index in [1.165, 1.54) is 11.8 Å². The summed E-state index contributed by atoms with van der Waals surface area (Å²) in [6.07, 6.45) is 2.61. The molecule has 146 valence electrons. The molecule has 4 nitrogen and oxygen atoms in total. The molecule has 0 atom stereocenters. The number of hydrogen-bond donors (Lipinski definition) is 0. The Bertz CT molecular complexity index is 961. The summed E-state index contributed by atoms with van der Waals surface area (Å²) in [6.45, 7) is 2.61. The van der Waals surface area contributed by atoms with Crippen molar-refractivity contribution >= 4 is 73.7 Å². The molecule has 2 aromatic rings. The lowest BCUT2D eigenvalue weighted by atomic mass is 10.2. The number of thioether (sulfide) groups is 1. The maximum Gasteiger partial charge on any atom is 0.266 e. The topological polar surface area (TPSA) is 41.9 Å². The number of benzene rings is 2. The first-order valence-corrected chi connectivity index (χ1v) is 10.9. The lowest BCUT2D eigenvalue weighted by Gasteiger charge is -2.14. The van der Waals surface area contributed by atoms with E-state index in [2.05, 4.69) is 20.9 Å². The fourth-order valence-electron chi connectivity index (χ4n) is 2.68. The number of amides is 1. The molecule has 0 saturated carbocycles. The third-order valence-electron chi connectivity index (χ3n) is 3.91. The van der Waals surface area contributed by atoms with Crippen molar-refractivity contribution in [3.05, 3.63) is 61.4 Å². The van der Waals surface area contributed by atoms with Crippen molar-refractivity contribution in [1.29, 1.82) is 0 Å². The van der Waals surface area contributed by atoms with Crippen LogP contribution in [0.25, 0.3) is 6.08 Å². The summed E-state index contributed by atoms with van der Waals surface area (Å²) in [4.78, 5) is 19.9. The van der Waals surface area contributed by atoms with Gasteiger partial charge in [0.25, 0.3) is 5.91 Å². The van der Waals surface area contributed by atoms with Crippen LogP contribution in [0.1, 0.15) is 18.9 Å². The van der Waals surface area contributed by atoms with E-state index < -0.39 is 0 Å². The molecule has 1 aliphatic rings. The maximum atomic E-state index is 13.0. The van der Waals surface area contributed by atoms with Crippen LogP contribution in [0.5, 0.6) is 5.75 Å². The SMILES string of the molecule is CCCN1C(=O)/C(=C/c2cc(Br)cc(Cl)c2OC)SC1=Nc1ccc(Cl)cc1. The average Bonchev–Trinajstić information content (AvgIpc) is 2.92. The van der Waals surface area contributed by atoms with Crippen LogP contribution in [-0.2, 0) is 4.79 Å². The summed E-state index contributed by atoms with van der Waals surface area (Å²) in [6, 6.07) is 10.8. The molecule has 0 unspecified atom stereocenters. The van der Waals surface area contributed by atoms with Gasteiger partial charge in [-0.1, -0.05) is 46.1 Å². The minimum absolute atomic E-state index is 0.0854. The van der Waals surface area contributed by atoms with Crippen LogP contribution in [0, 0.1) is 0 Å². The van der Waals surface area contributed by atoms with E-state index in [9.17, 15) is 4.79 Å². The fraction of sp³-hybridized carbons (Fsp3) is 0.200. The Kier molecular flexibility index (Phi) is 7.10. The van der Waals surface area contributed by atoms with Crippen molar-refractivity contribution in [2.75, 3.05) is 13.7 Å². The standard InChI is InChI=1S/C20H17BrCl2N2O2S/c1-3-8-25-19(26)17(10-12-9-13(21)11-16(23)18(12)27-2)28-20(25)24-15-6-4-14(22)5-7-15/h4-7,9-11H,3,8H2,1-2H3/b17-10-,24-20?. The highest BCUT2D eigenvalue weighted by Crippen LogP contribution is 2.38. The van der Waals surface area contributed by atoms with Crippen molar-refractivity contribution in [2.45, 2.75) is 13.3 Å². The number of halogens is 3. The Hall–Kier alpha value is -1.47. The lowest BCUT2D eigenvalue weighted by molar-refractivity contribution is -0.122. The minimum Gasteiger partial charge on any atom is -0.495 e. The second-order valence-electron chi connectivity index (χ2n) is 5.95. The molecule has 3 rings (SSSR count). The first-order valence-electron chi connectivity index (χ1n) is 8.51. The van der Waals surface area contributed by atoms with E-state index in [0.29, 0.717) is 32.4 Å². The van der Waals surface area contributed by atoms with Gasteiger partial charge in [0.05, 0.1) is 22.7 Å². The number of ether oxygens (including phenoxy) is 1. The molecule has 8 heteroatoms. The van der Waals surface area contributed by atoms with Gasteiger partial charge in [-0.15, -0.1) is 0 Å². The van der Waals surface area contributed by atoms with Crippen molar-refractivity contribution in [3.63, 3.8) is 0 Å². The monoisotopic (exact) mass is 498 g/mol. The number of carbonyl (C=O) groups excluding carboxylic acids is 1. The molecule has 0 aromatic heterocycles. The molecule has 0 aliphatic carbocycles. The Balaban J connectivity index is 2.01. The van der Waals surface area contributed by atoms with E-state index in [1.54, 1.807) is 36.3 Å². The first-order chi connectivity index (χ1) is 13.4. The zero-order valence-electron chi connectivity index (χ0n) is 15.2. The van der Waals surface area contributed by atoms with Crippen LogP contribution in [0.15, 0.2) is 50.8 Å². The second kappa shape index (κ2) is 9.35. The summed E-state index contributed by atoms with van der Waals surface area (Å²) < 4.78 is 6.22. The zero-order chi connectivity index (χ0) is 20.3. The highest BCUT2D eigenvalue weighted by atomic mass is 79.9. The molecule has 0 bridgehead atoms. The molecular weight excluding hydrogens is 483 g/mol. The summed E-state index contributed by atoms with van der Waals surface area (Å²) in [7, 11) is 1.55. The van der Waals surface area contributed by atoms with Crippen molar-refractivity contribution in [3.8, 4) is 5.75 Å². The van der Waals surface area contributed by atoms with Gasteiger partial charge < -0.3 is 4.74 Å². The third-order valence-corrected chi connectivity index (χ3v) is 5.91. The maximum absolute atomic E-state index is 13.0. The van der Waals surface area contributed by atoms with Crippen LogP contribution >= 0.6 is 50.9 Å². The summed E-state index contributed by atoms with van der Waals surface area (Å²) in [5.74, 6) is 0.439. The van der Waals surface area contributed by atoms with Gasteiger partial charge in [0.15, 0.2) is 5.17 Å². The van der Waals surface area contributed by atoms with E-state index in [0.717, 1.165) is 22.1 Å². The third kappa shape index (κ3) is 4.74. The Labute approximate surface area is 186 Å². The molecule has 0 spiro atoms. The fourth-order valence-corrected chi connectivity index (χ4v) is 4.73. The minimum atomic E-state index is -0.0854. The van der Waals surface area contributed by atoms with Gasteiger partial charge in [0.1, 0.15) is 5.75 Å². The van der Waals surface area contributed by atoms with Crippen molar-refractivity contribution in [1.82, 2.24) is 4.90 Å². The van der Waals surface area contributed by atoms with Gasteiger partial charge in [0.2, 0.25) is 0 Å². The number of nitrogens with zero attached hydrogens (tertiary/aromatic N) is 2. The van der Waals surface area contributed by atoms with Gasteiger partial charge in [0, 0.05) is 21.6 Å². The van der Waals surface area contributed by atoms with Crippen LogP contribution in [-0.4, -0.2) is 29.6 Å². The predicted octanol–water partition coefficient (Wildman–Crippen LogP) is 6.78. The molecule has 1 heterocycles. The van der Waals surface area contributed by atoms with Crippen LogP contribution in [0.4, 0.5) is 5.69 Å². The summed E-state index contributed by atoms with van der Waals surface area (Å²) >= 11 is 17.0. The number of methoxy groups -OCH3 is 1. The number of hydrogen-bond acceptors (Lipinski definition) is 4. The highest BCUT2D eigenvalue weighted by Gasteiger charge is 2.33. The highest BCUT2D eigenvalue weighted by molar-refractivity contribution is 9.10. The molecule has 1 saturated heterocycles. The van der Waals surface area contributed by atoms with E-state index >= 15 is 0 Å². The molecule has 1 aliphatic heterocycles. The quantitative estimate of drug-likeness (QED) is 0.426. The average molecular weight is 500 g/mol. The van der Waals surface area contributed by atoms with E-state index in [4.69, 9.17) is 27.9 Å². The smallest absolute Gasteiger partial charge is 0.266 e. The van der Waals surface area contributed by atoms with Crippen LogP contribution < -0.4 is 4.74 Å². The second-order valence-corrected chi connectivity index (χ2v) is 8.72. The molecular formula is C20H17BrCl2N2O2S. The first kappa shape index (κ1) is 21.2. The van der Waals surface area contributed by atoms with Crippen molar-refractivity contribution < 1.29 is 9.53 Å². The molecule has 0 radical (unpaired) electrons. The molecule has 2 aromatic carbocycles. The predicted molar refractivity (Wildman–Crippen MR) is 122 cm³/mol. The molecule has 28 heavy (non-hydrogen) atoms. The summed E-state index contributed by atoms with van der Waals surface area (Å²) in [5, 5.41) is 1.75. The largest absolute Gasteiger partial charge is 0.495 e.